The summed E-state index contributed by atoms with van der Waals surface area (Å²) in [6, 6.07) is 2.38. The normalized spacial score (nSPS) is 13.1. The van der Waals surface area contributed by atoms with Crippen LogP contribution in [0.5, 0.6) is 0 Å². The van der Waals surface area contributed by atoms with Crippen molar-refractivity contribution in [3.63, 3.8) is 0 Å². The molecular weight excluding hydrogens is 347 g/mol. The molecule has 0 saturated carbocycles. The van der Waals surface area contributed by atoms with Crippen LogP contribution in [0.1, 0.15) is 37.0 Å². The van der Waals surface area contributed by atoms with E-state index in [1.807, 2.05) is 6.92 Å². The molecule has 112 valence electrons. The van der Waals surface area contributed by atoms with Crippen molar-refractivity contribution in [3.05, 3.63) is 27.7 Å². The standard InChI is InChI=1S/C12H13Cl3O4S/c1-3-4-7(2)19-12(16)10-8(13)5-6-9(11(10)14)20(15,17)18/h5-7H,3-4H2,1-2H3. The zero-order valence-electron chi connectivity index (χ0n) is 10.8. The van der Waals surface area contributed by atoms with Crippen LogP contribution < -0.4 is 0 Å². The third kappa shape index (κ3) is 4.25. The maximum Gasteiger partial charge on any atom is 0.341 e. The SMILES string of the molecule is CCCC(C)OC(=O)c1c(Cl)ccc(S(=O)(=O)Cl)c1Cl. The molecule has 0 bridgehead atoms. The summed E-state index contributed by atoms with van der Waals surface area (Å²) >= 11 is 11.8. The van der Waals surface area contributed by atoms with E-state index in [-0.39, 0.29) is 26.6 Å². The molecule has 1 aromatic carbocycles. The molecule has 0 aliphatic heterocycles. The number of halogens is 3. The Morgan fingerprint density at radius 2 is 1.95 bits per heavy atom. The van der Waals surface area contributed by atoms with E-state index in [1.54, 1.807) is 6.92 Å². The van der Waals surface area contributed by atoms with Crippen LogP contribution in [0.25, 0.3) is 0 Å². The minimum atomic E-state index is -4.07. The molecule has 20 heavy (non-hydrogen) atoms. The molecule has 0 fully saturated rings. The van der Waals surface area contributed by atoms with E-state index in [2.05, 4.69) is 0 Å². The second-order valence-corrected chi connectivity index (χ2v) is 7.50. The average Bonchev–Trinajstić information content (AvgIpc) is 2.26. The summed E-state index contributed by atoms with van der Waals surface area (Å²) in [5.41, 5.74) is -0.196. The maximum atomic E-state index is 12.0. The predicted molar refractivity (Wildman–Crippen MR) is 79.3 cm³/mol. The minimum absolute atomic E-state index is 0.00719. The molecule has 0 amide bonds. The first-order valence-corrected chi connectivity index (χ1v) is 8.88. The number of carbonyl (C=O) groups excluding carboxylic acids is 1. The Morgan fingerprint density at radius 3 is 2.45 bits per heavy atom. The van der Waals surface area contributed by atoms with Crippen LogP contribution in [0.3, 0.4) is 0 Å². The molecule has 4 nitrogen and oxygen atoms in total. The molecule has 0 radical (unpaired) electrons. The molecule has 0 spiro atoms. The van der Waals surface area contributed by atoms with Gasteiger partial charge < -0.3 is 4.74 Å². The average molecular weight is 360 g/mol. The number of benzene rings is 1. The molecule has 0 aromatic heterocycles. The summed E-state index contributed by atoms with van der Waals surface area (Å²) < 4.78 is 27.9. The lowest BCUT2D eigenvalue weighted by molar-refractivity contribution is 0.0323. The quantitative estimate of drug-likeness (QED) is 0.582. The Hall–Kier alpha value is -0.490. The first-order valence-electron chi connectivity index (χ1n) is 5.82. The van der Waals surface area contributed by atoms with Crippen LogP contribution in [-0.4, -0.2) is 20.5 Å². The molecule has 0 aliphatic rings. The molecule has 1 rings (SSSR count). The van der Waals surface area contributed by atoms with Crippen LogP contribution in [0.4, 0.5) is 0 Å². The van der Waals surface area contributed by atoms with Crippen molar-refractivity contribution in [1.82, 2.24) is 0 Å². The maximum absolute atomic E-state index is 12.0. The van der Waals surface area contributed by atoms with Gasteiger partial charge in [0, 0.05) is 10.7 Å². The van der Waals surface area contributed by atoms with E-state index in [4.69, 9.17) is 38.6 Å². The van der Waals surface area contributed by atoms with Crippen LogP contribution >= 0.6 is 33.9 Å². The lowest BCUT2D eigenvalue weighted by Crippen LogP contribution is -2.16. The van der Waals surface area contributed by atoms with Gasteiger partial charge in [0.05, 0.1) is 21.7 Å². The number of esters is 1. The van der Waals surface area contributed by atoms with Gasteiger partial charge in [0.2, 0.25) is 0 Å². The highest BCUT2D eigenvalue weighted by molar-refractivity contribution is 8.13. The fraction of sp³-hybridized carbons (Fsp3) is 0.417. The first kappa shape index (κ1) is 17.6. The number of hydrogen-bond acceptors (Lipinski definition) is 4. The van der Waals surface area contributed by atoms with E-state index in [9.17, 15) is 13.2 Å². The lowest BCUT2D eigenvalue weighted by atomic mass is 10.2. The van der Waals surface area contributed by atoms with E-state index < -0.39 is 15.0 Å². The summed E-state index contributed by atoms with van der Waals surface area (Å²) in [5.74, 6) is -0.775. The molecule has 1 unspecified atom stereocenters. The van der Waals surface area contributed by atoms with Crippen LogP contribution in [-0.2, 0) is 13.8 Å². The van der Waals surface area contributed by atoms with Gasteiger partial charge in [0.15, 0.2) is 0 Å². The first-order chi connectivity index (χ1) is 9.18. The van der Waals surface area contributed by atoms with Crippen LogP contribution in [0, 0.1) is 0 Å². The van der Waals surface area contributed by atoms with Gasteiger partial charge >= 0.3 is 5.97 Å². The molecule has 0 heterocycles. The summed E-state index contributed by atoms with van der Waals surface area (Å²) in [4.78, 5) is 11.6. The number of ether oxygens (including phenoxy) is 1. The van der Waals surface area contributed by atoms with Gasteiger partial charge in [-0.1, -0.05) is 36.5 Å². The Kier molecular flexibility index (Phi) is 6.13. The molecule has 0 saturated heterocycles. The van der Waals surface area contributed by atoms with Gasteiger partial charge in [-0.3, -0.25) is 0 Å². The van der Waals surface area contributed by atoms with Crippen molar-refractivity contribution < 1.29 is 17.9 Å². The second kappa shape index (κ2) is 6.98. The highest BCUT2D eigenvalue weighted by Crippen LogP contribution is 2.33. The Bertz CT molecular complexity index is 613. The monoisotopic (exact) mass is 358 g/mol. The molecular formula is C12H13Cl3O4S. The van der Waals surface area contributed by atoms with Crippen molar-refractivity contribution in [2.75, 3.05) is 0 Å². The third-order valence-corrected chi connectivity index (χ3v) is 4.71. The Morgan fingerprint density at radius 1 is 1.35 bits per heavy atom. The van der Waals surface area contributed by atoms with Crippen molar-refractivity contribution in [2.24, 2.45) is 0 Å². The highest BCUT2D eigenvalue weighted by Gasteiger charge is 2.25. The van der Waals surface area contributed by atoms with Gasteiger partial charge in [-0.05, 0) is 25.5 Å². The molecule has 8 heteroatoms. The summed E-state index contributed by atoms with van der Waals surface area (Å²) in [5, 5.41) is -0.325. The van der Waals surface area contributed by atoms with Crippen molar-refractivity contribution in [2.45, 2.75) is 37.7 Å². The predicted octanol–water partition coefficient (Wildman–Crippen LogP) is 4.27. The second-order valence-electron chi connectivity index (χ2n) is 4.18. The molecule has 1 atom stereocenters. The van der Waals surface area contributed by atoms with Crippen molar-refractivity contribution in [3.8, 4) is 0 Å². The summed E-state index contributed by atoms with van der Waals surface area (Å²) in [6.07, 6.45) is 1.19. The Balaban J connectivity index is 3.21. The smallest absolute Gasteiger partial charge is 0.341 e. The van der Waals surface area contributed by atoms with E-state index in [1.165, 1.54) is 6.07 Å². The summed E-state index contributed by atoms with van der Waals surface area (Å²) in [6.45, 7) is 3.68. The zero-order valence-corrected chi connectivity index (χ0v) is 13.9. The van der Waals surface area contributed by atoms with E-state index >= 15 is 0 Å². The van der Waals surface area contributed by atoms with Gasteiger partial charge in [-0.15, -0.1) is 0 Å². The topological polar surface area (TPSA) is 60.4 Å². The fourth-order valence-corrected chi connectivity index (χ4v) is 3.50. The van der Waals surface area contributed by atoms with Gasteiger partial charge in [-0.2, -0.15) is 0 Å². The number of hydrogen-bond donors (Lipinski definition) is 0. The lowest BCUT2D eigenvalue weighted by Gasteiger charge is -2.14. The minimum Gasteiger partial charge on any atom is -0.459 e. The third-order valence-electron chi connectivity index (χ3n) is 2.53. The van der Waals surface area contributed by atoms with Crippen LogP contribution in [0.2, 0.25) is 10.0 Å². The van der Waals surface area contributed by atoms with Gasteiger partial charge in [0.25, 0.3) is 9.05 Å². The summed E-state index contributed by atoms with van der Waals surface area (Å²) in [7, 11) is 1.17. The Labute approximate surface area is 132 Å². The van der Waals surface area contributed by atoms with Crippen molar-refractivity contribution >= 4 is 48.9 Å². The number of carbonyl (C=O) groups is 1. The fourth-order valence-electron chi connectivity index (χ4n) is 1.62. The largest absolute Gasteiger partial charge is 0.459 e. The zero-order chi connectivity index (χ0) is 15.5. The number of rotatable bonds is 5. The molecule has 0 aliphatic carbocycles. The highest BCUT2D eigenvalue weighted by atomic mass is 35.7. The van der Waals surface area contributed by atoms with Crippen molar-refractivity contribution in [1.29, 1.82) is 0 Å². The van der Waals surface area contributed by atoms with E-state index in [0.717, 1.165) is 12.5 Å². The van der Waals surface area contributed by atoms with Crippen LogP contribution in [0.15, 0.2) is 17.0 Å². The molecule has 0 N–H and O–H groups in total. The van der Waals surface area contributed by atoms with Gasteiger partial charge in [-0.25, -0.2) is 13.2 Å². The van der Waals surface area contributed by atoms with E-state index in [0.29, 0.717) is 6.42 Å². The van der Waals surface area contributed by atoms with Gasteiger partial charge in [0.1, 0.15) is 4.90 Å². The molecule has 1 aromatic rings.